The number of carbonyl (C=O) groups excluding carboxylic acids is 1. The first-order valence-corrected chi connectivity index (χ1v) is 9.28. The zero-order chi connectivity index (χ0) is 20.2. The Kier molecular flexibility index (Phi) is 20.1. The molecule has 0 saturated heterocycles. The second-order valence-corrected chi connectivity index (χ2v) is 5.72. The van der Waals surface area contributed by atoms with E-state index in [0.717, 1.165) is 18.9 Å². The van der Waals surface area contributed by atoms with Crippen LogP contribution in [0.15, 0.2) is 24.8 Å². The summed E-state index contributed by atoms with van der Waals surface area (Å²) in [6.07, 6.45) is 5.87. The van der Waals surface area contributed by atoms with Gasteiger partial charge in [-0.1, -0.05) is 46.3 Å². The number of carboxylic acid groups (broad SMARTS) is 1. The Morgan fingerprint density at radius 2 is 1.73 bits per heavy atom. The van der Waals surface area contributed by atoms with Gasteiger partial charge in [-0.15, -0.1) is 0 Å². The van der Waals surface area contributed by atoms with E-state index in [1.165, 1.54) is 12.8 Å². The summed E-state index contributed by atoms with van der Waals surface area (Å²) >= 11 is 0. The molecule has 0 spiro atoms. The first kappa shape index (κ1) is 26.6. The van der Waals surface area contributed by atoms with Crippen molar-refractivity contribution in [1.82, 2.24) is 0 Å². The molecule has 0 rings (SSSR count). The van der Waals surface area contributed by atoms with Crippen molar-refractivity contribution in [3.8, 4) is 0 Å². The molecule has 0 aliphatic carbocycles. The summed E-state index contributed by atoms with van der Waals surface area (Å²) in [5, 5.41) is 7.60. The van der Waals surface area contributed by atoms with Gasteiger partial charge in [-0.25, -0.2) is 9.59 Å². The summed E-state index contributed by atoms with van der Waals surface area (Å²) in [6.45, 7) is 15.8. The molecule has 26 heavy (non-hydrogen) atoms. The molecule has 0 aromatic heterocycles. The lowest BCUT2D eigenvalue weighted by Gasteiger charge is -2.15. The number of hydrogen-bond donors (Lipinski definition) is 1. The maximum absolute atomic E-state index is 11.8. The Morgan fingerprint density at radius 1 is 1.12 bits per heavy atom. The maximum Gasteiger partial charge on any atom is 0.333 e. The lowest BCUT2D eigenvalue weighted by Crippen LogP contribution is -2.16. The average Bonchev–Trinajstić information content (AvgIpc) is 2.64. The van der Waals surface area contributed by atoms with E-state index in [9.17, 15) is 9.59 Å². The predicted molar refractivity (Wildman–Crippen MR) is 103 cm³/mol. The van der Waals surface area contributed by atoms with Gasteiger partial charge in [0.15, 0.2) is 0 Å². The highest BCUT2D eigenvalue weighted by Crippen LogP contribution is 2.14. The van der Waals surface area contributed by atoms with E-state index in [1.54, 1.807) is 0 Å². The van der Waals surface area contributed by atoms with Crippen LogP contribution in [0.5, 0.6) is 0 Å². The van der Waals surface area contributed by atoms with Crippen molar-refractivity contribution in [2.45, 2.75) is 52.9 Å². The molecular weight excluding hydrogens is 336 g/mol. The highest BCUT2D eigenvalue weighted by atomic mass is 16.5. The molecule has 0 aliphatic rings. The molecule has 152 valence electrons. The summed E-state index contributed by atoms with van der Waals surface area (Å²) < 4.78 is 15.9. The summed E-state index contributed by atoms with van der Waals surface area (Å²) in [6, 6.07) is 0. The van der Waals surface area contributed by atoms with E-state index in [0.29, 0.717) is 50.9 Å². The van der Waals surface area contributed by atoms with Crippen molar-refractivity contribution >= 4 is 11.9 Å². The molecule has 0 bridgehead atoms. The largest absolute Gasteiger partial charge is 0.478 e. The van der Waals surface area contributed by atoms with Crippen molar-refractivity contribution in [3.63, 3.8) is 0 Å². The van der Waals surface area contributed by atoms with Gasteiger partial charge in [-0.2, -0.15) is 0 Å². The van der Waals surface area contributed by atoms with E-state index in [1.807, 2.05) is 6.92 Å². The Hall–Kier alpha value is -1.66. The first-order chi connectivity index (χ1) is 12.4. The quantitative estimate of drug-likeness (QED) is 0.266. The van der Waals surface area contributed by atoms with Crippen LogP contribution < -0.4 is 0 Å². The lowest BCUT2D eigenvalue weighted by atomic mass is 10.0. The smallest absolute Gasteiger partial charge is 0.333 e. The van der Waals surface area contributed by atoms with Crippen LogP contribution >= 0.6 is 0 Å². The third-order valence-corrected chi connectivity index (χ3v) is 3.58. The van der Waals surface area contributed by atoms with Crippen molar-refractivity contribution in [3.05, 3.63) is 24.8 Å². The van der Waals surface area contributed by atoms with Crippen molar-refractivity contribution in [2.24, 2.45) is 5.92 Å². The normalized spacial score (nSPS) is 11.0. The molecule has 6 heteroatoms. The SMILES string of the molecule is C=C(CCOCCOCC)C(=O)OCC(CC)CCCC.C=CC(=O)O. The number of carbonyl (C=O) groups is 2. The highest BCUT2D eigenvalue weighted by Gasteiger charge is 2.12. The van der Waals surface area contributed by atoms with Crippen molar-refractivity contribution < 1.29 is 28.9 Å². The number of aliphatic carboxylic acids is 1. The second-order valence-electron chi connectivity index (χ2n) is 5.72. The fraction of sp³-hybridized carbons (Fsp3) is 0.700. The van der Waals surface area contributed by atoms with Crippen LogP contribution in [0.4, 0.5) is 0 Å². The molecule has 0 heterocycles. The van der Waals surface area contributed by atoms with Crippen LogP contribution in [0.3, 0.4) is 0 Å². The van der Waals surface area contributed by atoms with Gasteiger partial charge in [-0.05, 0) is 19.3 Å². The van der Waals surface area contributed by atoms with Crippen LogP contribution in [0.25, 0.3) is 0 Å². The topological polar surface area (TPSA) is 82.1 Å². The number of hydrogen-bond acceptors (Lipinski definition) is 5. The molecule has 1 N–H and O–H groups in total. The number of ether oxygens (including phenoxy) is 3. The molecule has 1 unspecified atom stereocenters. The molecule has 0 fully saturated rings. The Labute approximate surface area is 158 Å². The summed E-state index contributed by atoms with van der Waals surface area (Å²) in [5.74, 6) is -0.813. The summed E-state index contributed by atoms with van der Waals surface area (Å²) in [4.78, 5) is 21.1. The van der Waals surface area contributed by atoms with Crippen molar-refractivity contribution in [1.29, 1.82) is 0 Å². The van der Waals surface area contributed by atoms with Crippen LogP contribution in [0.1, 0.15) is 52.9 Å². The summed E-state index contributed by atoms with van der Waals surface area (Å²) in [7, 11) is 0. The molecular formula is C20H36O6. The lowest BCUT2D eigenvalue weighted by molar-refractivity contribution is -0.140. The van der Waals surface area contributed by atoms with Crippen LogP contribution in [-0.2, 0) is 23.8 Å². The van der Waals surface area contributed by atoms with Gasteiger partial charge in [-0.3, -0.25) is 0 Å². The third kappa shape index (κ3) is 18.7. The molecule has 0 saturated carbocycles. The molecule has 0 aromatic rings. The van der Waals surface area contributed by atoms with Gasteiger partial charge in [0, 0.05) is 24.7 Å². The number of esters is 1. The molecule has 0 aliphatic heterocycles. The van der Waals surface area contributed by atoms with Gasteiger partial charge in [0.2, 0.25) is 0 Å². The van der Waals surface area contributed by atoms with Gasteiger partial charge in [0.1, 0.15) is 0 Å². The van der Waals surface area contributed by atoms with Gasteiger partial charge < -0.3 is 19.3 Å². The minimum Gasteiger partial charge on any atom is -0.478 e. The standard InChI is InChI=1S/C17H32O4.C3H4O2/c1-5-8-9-16(6-2)14-21-17(18)15(4)10-11-20-13-12-19-7-3;1-2-3(4)5/h16H,4-14H2,1-3H3;2H,1H2,(H,4,5). The molecule has 6 nitrogen and oxygen atoms in total. The third-order valence-electron chi connectivity index (χ3n) is 3.58. The monoisotopic (exact) mass is 372 g/mol. The highest BCUT2D eigenvalue weighted by molar-refractivity contribution is 5.87. The zero-order valence-electron chi connectivity index (χ0n) is 16.6. The van der Waals surface area contributed by atoms with E-state index in [4.69, 9.17) is 19.3 Å². The van der Waals surface area contributed by atoms with Crippen molar-refractivity contribution in [2.75, 3.05) is 33.0 Å². The number of unbranched alkanes of at least 4 members (excludes halogenated alkanes) is 1. The zero-order valence-corrected chi connectivity index (χ0v) is 16.6. The van der Waals surface area contributed by atoms with Gasteiger partial charge in [0.05, 0.1) is 26.4 Å². The fourth-order valence-electron chi connectivity index (χ4n) is 1.86. The predicted octanol–water partition coefficient (Wildman–Crippen LogP) is 4.00. The molecule has 0 amide bonds. The van der Waals surface area contributed by atoms with E-state index in [2.05, 4.69) is 27.0 Å². The minimum atomic E-state index is -0.981. The number of carboxylic acids is 1. The average molecular weight is 373 g/mol. The second kappa shape index (κ2) is 19.7. The maximum atomic E-state index is 11.8. The Morgan fingerprint density at radius 3 is 2.23 bits per heavy atom. The fourth-order valence-corrected chi connectivity index (χ4v) is 1.86. The van der Waals surface area contributed by atoms with E-state index in [-0.39, 0.29) is 5.97 Å². The molecule has 1 atom stereocenters. The van der Waals surface area contributed by atoms with Gasteiger partial charge >= 0.3 is 11.9 Å². The van der Waals surface area contributed by atoms with E-state index >= 15 is 0 Å². The van der Waals surface area contributed by atoms with E-state index < -0.39 is 5.97 Å². The number of rotatable bonds is 15. The molecule has 0 radical (unpaired) electrons. The minimum absolute atomic E-state index is 0.293. The van der Waals surface area contributed by atoms with Gasteiger partial charge in [0.25, 0.3) is 0 Å². The van der Waals surface area contributed by atoms with Crippen LogP contribution in [0.2, 0.25) is 0 Å². The first-order valence-electron chi connectivity index (χ1n) is 9.28. The Balaban J connectivity index is 0. The van der Waals surface area contributed by atoms with Crippen LogP contribution in [-0.4, -0.2) is 50.1 Å². The van der Waals surface area contributed by atoms with Crippen LogP contribution in [0, 0.1) is 5.92 Å². The Bertz CT molecular complexity index is 392. The summed E-state index contributed by atoms with van der Waals surface area (Å²) in [5.41, 5.74) is 0.483. The molecule has 0 aromatic carbocycles.